The number of aromatic nitrogens is 2. The average Bonchev–Trinajstić information content (AvgIpc) is 2.44. The van der Waals surface area contributed by atoms with Crippen molar-refractivity contribution in [2.45, 2.75) is 84.0 Å². The molecular formula is C17H30N2O2. The highest BCUT2D eigenvalue weighted by molar-refractivity contribution is 4.98. The van der Waals surface area contributed by atoms with Gasteiger partial charge >= 0.3 is 5.69 Å². The highest BCUT2D eigenvalue weighted by Gasteiger charge is 1.97. The van der Waals surface area contributed by atoms with E-state index in [-0.39, 0.29) is 5.56 Å². The molecule has 1 aromatic rings. The van der Waals surface area contributed by atoms with Gasteiger partial charge in [-0.05, 0) is 12.8 Å². The van der Waals surface area contributed by atoms with Gasteiger partial charge in [0.25, 0.3) is 5.56 Å². The van der Waals surface area contributed by atoms with Crippen LogP contribution in [0.15, 0.2) is 15.7 Å². The fraction of sp³-hybridized carbons (Fsp3) is 0.765. The van der Waals surface area contributed by atoms with Gasteiger partial charge in [-0.25, -0.2) is 4.79 Å². The van der Waals surface area contributed by atoms with E-state index in [1.54, 1.807) is 0 Å². The number of H-pyrrole nitrogens is 2. The van der Waals surface area contributed by atoms with E-state index in [0.717, 1.165) is 18.5 Å². The lowest BCUT2D eigenvalue weighted by molar-refractivity contribution is 0.548. The molecule has 0 fully saturated rings. The van der Waals surface area contributed by atoms with E-state index in [9.17, 15) is 9.59 Å². The molecule has 21 heavy (non-hydrogen) atoms. The Morgan fingerprint density at radius 1 is 0.762 bits per heavy atom. The van der Waals surface area contributed by atoms with Gasteiger partial charge in [0.15, 0.2) is 0 Å². The minimum Gasteiger partial charge on any atom is -0.311 e. The van der Waals surface area contributed by atoms with Crippen molar-refractivity contribution in [3.05, 3.63) is 32.6 Å². The Balaban J connectivity index is 1.95. The number of unbranched alkanes of at least 4 members (excludes halogenated alkanes) is 10. The molecule has 0 aliphatic carbocycles. The van der Waals surface area contributed by atoms with Crippen LogP contribution in [0.2, 0.25) is 0 Å². The molecule has 0 unspecified atom stereocenters. The Hall–Kier alpha value is -1.32. The molecule has 1 aromatic heterocycles. The van der Waals surface area contributed by atoms with Crippen LogP contribution in [0.3, 0.4) is 0 Å². The van der Waals surface area contributed by atoms with Crippen LogP contribution in [0, 0.1) is 0 Å². The second-order valence-corrected chi connectivity index (χ2v) is 5.90. The number of hydrogen-bond acceptors (Lipinski definition) is 2. The molecule has 120 valence electrons. The summed E-state index contributed by atoms with van der Waals surface area (Å²) in [5.41, 5.74) is 0.0390. The molecule has 1 rings (SSSR count). The van der Waals surface area contributed by atoms with Crippen molar-refractivity contribution in [1.29, 1.82) is 0 Å². The van der Waals surface area contributed by atoms with Crippen molar-refractivity contribution in [3.63, 3.8) is 0 Å². The van der Waals surface area contributed by atoms with Crippen LogP contribution in [0.25, 0.3) is 0 Å². The summed E-state index contributed by atoms with van der Waals surface area (Å²) in [5.74, 6) is 0. The summed E-state index contributed by atoms with van der Waals surface area (Å²) in [6.07, 6.45) is 15.1. The quantitative estimate of drug-likeness (QED) is 0.574. The van der Waals surface area contributed by atoms with Gasteiger partial charge in [-0.1, -0.05) is 71.1 Å². The predicted octanol–water partition coefficient (Wildman–Crippen LogP) is 3.92. The first-order chi connectivity index (χ1) is 10.2. The van der Waals surface area contributed by atoms with Crippen molar-refractivity contribution in [1.82, 2.24) is 9.97 Å². The smallest absolute Gasteiger partial charge is 0.311 e. The van der Waals surface area contributed by atoms with Crippen LogP contribution in [0.1, 0.15) is 83.2 Å². The zero-order valence-electron chi connectivity index (χ0n) is 13.4. The van der Waals surface area contributed by atoms with Crippen molar-refractivity contribution < 1.29 is 0 Å². The molecule has 0 aromatic carbocycles. The van der Waals surface area contributed by atoms with Gasteiger partial charge in [-0.2, -0.15) is 0 Å². The molecule has 2 N–H and O–H groups in total. The standard InChI is InChI=1S/C17H30N2O2/c1-2-3-4-5-6-7-8-9-10-11-12-13-15-14-16(20)19-17(21)18-15/h14H,2-13H2,1H3,(H2,18,19,20,21). The number of aromatic amines is 2. The van der Waals surface area contributed by atoms with Gasteiger partial charge in [0, 0.05) is 11.8 Å². The molecule has 0 atom stereocenters. The zero-order valence-corrected chi connectivity index (χ0v) is 13.4. The normalized spacial score (nSPS) is 10.9. The Morgan fingerprint density at radius 2 is 1.29 bits per heavy atom. The van der Waals surface area contributed by atoms with Gasteiger partial charge < -0.3 is 4.98 Å². The number of hydrogen-bond donors (Lipinski definition) is 2. The molecule has 0 radical (unpaired) electrons. The summed E-state index contributed by atoms with van der Waals surface area (Å²) in [5, 5.41) is 0. The fourth-order valence-electron chi connectivity index (χ4n) is 2.63. The van der Waals surface area contributed by atoms with Crippen LogP contribution in [0.4, 0.5) is 0 Å². The molecule has 4 nitrogen and oxygen atoms in total. The lowest BCUT2D eigenvalue weighted by Crippen LogP contribution is -2.22. The Kier molecular flexibility index (Phi) is 9.58. The molecule has 1 heterocycles. The summed E-state index contributed by atoms with van der Waals surface area (Å²) in [7, 11) is 0. The summed E-state index contributed by atoms with van der Waals surface area (Å²) in [6, 6.07) is 1.48. The molecule has 0 spiro atoms. The van der Waals surface area contributed by atoms with Gasteiger partial charge in [0.1, 0.15) is 0 Å². The minimum absolute atomic E-state index is 0.308. The monoisotopic (exact) mass is 294 g/mol. The molecule has 0 saturated heterocycles. The molecule has 0 aliphatic rings. The maximum Gasteiger partial charge on any atom is 0.325 e. The van der Waals surface area contributed by atoms with Crippen LogP contribution < -0.4 is 11.2 Å². The second-order valence-electron chi connectivity index (χ2n) is 5.90. The topological polar surface area (TPSA) is 65.7 Å². The van der Waals surface area contributed by atoms with Crippen LogP contribution >= 0.6 is 0 Å². The third-order valence-electron chi connectivity index (χ3n) is 3.87. The van der Waals surface area contributed by atoms with Crippen molar-refractivity contribution in [3.8, 4) is 0 Å². The van der Waals surface area contributed by atoms with E-state index >= 15 is 0 Å². The summed E-state index contributed by atoms with van der Waals surface area (Å²) in [4.78, 5) is 27.1. The average molecular weight is 294 g/mol. The largest absolute Gasteiger partial charge is 0.325 e. The van der Waals surface area contributed by atoms with Crippen LogP contribution in [0.5, 0.6) is 0 Å². The molecule has 0 aliphatic heterocycles. The molecular weight excluding hydrogens is 264 g/mol. The third-order valence-corrected chi connectivity index (χ3v) is 3.87. The fourth-order valence-corrected chi connectivity index (χ4v) is 2.63. The van der Waals surface area contributed by atoms with Gasteiger partial charge in [0.2, 0.25) is 0 Å². The summed E-state index contributed by atoms with van der Waals surface area (Å²) < 4.78 is 0. The Bertz CT molecular complexity index is 448. The Morgan fingerprint density at radius 3 is 1.81 bits per heavy atom. The van der Waals surface area contributed by atoms with Crippen LogP contribution in [-0.2, 0) is 6.42 Å². The van der Waals surface area contributed by atoms with E-state index < -0.39 is 5.69 Å². The van der Waals surface area contributed by atoms with E-state index in [2.05, 4.69) is 16.9 Å². The molecule has 0 saturated carbocycles. The van der Waals surface area contributed by atoms with Crippen molar-refractivity contribution in [2.75, 3.05) is 0 Å². The van der Waals surface area contributed by atoms with Crippen molar-refractivity contribution in [2.24, 2.45) is 0 Å². The predicted molar refractivity (Wildman–Crippen MR) is 87.8 cm³/mol. The van der Waals surface area contributed by atoms with E-state index in [1.165, 1.54) is 70.3 Å². The molecule has 4 heteroatoms. The molecule has 0 amide bonds. The van der Waals surface area contributed by atoms with E-state index in [1.807, 2.05) is 0 Å². The second kappa shape index (κ2) is 11.4. The van der Waals surface area contributed by atoms with Gasteiger partial charge in [-0.15, -0.1) is 0 Å². The summed E-state index contributed by atoms with van der Waals surface area (Å²) >= 11 is 0. The minimum atomic E-state index is -0.402. The SMILES string of the molecule is CCCCCCCCCCCCCc1cc(=O)[nH]c(=O)[nH]1. The van der Waals surface area contributed by atoms with E-state index in [4.69, 9.17) is 0 Å². The highest BCUT2D eigenvalue weighted by Crippen LogP contribution is 2.11. The highest BCUT2D eigenvalue weighted by atomic mass is 16.2. The van der Waals surface area contributed by atoms with Crippen LogP contribution in [-0.4, -0.2) is 9.97 Å². The number of nitrogens with one attached hydrogen (secondary N) is 2. The number of aryl methyl sites for hydroxylation is 1. The first-order valence-corrected chi connectivity index (χ1v) is 8.55. The van der Waals surface area contributed by atoms with Gasteiger partial charge in [0.05, 0.1) is 0 Å². The van der Waals surface area contributed by atoms with Gasteiger partial charge in [-0.3, -0.25) is 9.78 Å². The third kappa shape index (κ3) is 9.27. The maximum absolute atomic E-state index is 11.1. The zero-order chi connectivity index (χ0) is 15.3. The molecule has 0 bridgehead atoms. The number of rotatable bonds is 12. The van der Waals surface area contributed by atoms with E-state index in [0.29, 0.717) is 0 Å². The lowest BCUT2D eigenvalue weighted by atomic mass is 10.0. The van der Waals surface area contributed by atoms with Crippen molar-refractivity contribution >= 4 is 0 Å². The summed E-state index contributed by atoms with van der Waals surface area (Å²) in [6.45, 7) is 2.25. The first-order valence-electron chi connectivity index (χ1n) is 8.55. The lowest BCUT2D eigenvalue weighted by Gasteiger charge is -2.03. The maximum atomic E-state index is 11.1. The first kappa shape index (κ1) is 17.7. The Labute approximate surface area is 127 Å².